The van der Waals surface area contributed by atoms with Crippen LogP contribution < -0.4 is 0 Å². The Morgan fingerprint density at radius 3 is 2.82 bits per heavy atom. The minimum atomic E-state index is 0.269. The van der Waals surface area contributed by atoms with Crippen molar-refractivity contribution >= 4 is 28.9 Å². The third kappa shape index (κ3) is 3.57. The molecule has 2 rings (SSSR count). The second-order valence-electron chi connectivity index (χ2n) is 5.15. The van der Waals surface area contributed by atoms with Crippen LogP contribution >= 0.6 is 23.1 Å². The first-order valence-electron chi connectivity index (χ1n) is 5.92. The first-order valence-corrected chi connectivity index (χ1v) is 7.72. The Labute approximate surface area is 111 Å². The molecule has 4 heteroatoms. The lowest BCUT2D eigenvalue weighted by Gasteiger charge is -2.37. The zero-order valence-corrected chi connectivity index (χ0v) is 12.3. The summed E-state index contributed by atoms with van der Waals surface area (Å²) < 4.78 is 0.282. The van der Waals surface area contributed by atoms with E-state index < -0.39 is 0 Å². The lowest BCUT2D eigenvalue weighted by atomic mass is 10.1. The van der Waals surface area contributed by atoms with Crippen molar-refractivity contribution in [1.29, 1.82) is 0 Å². The summed E-state index contributed by atoms with van der Waals surface area (Å²) >= 11 is 3.60. The van der Waals surface area contributed by atoms with Crippen molar-refractivity contribution in [2.45, 2.75) is 25.5 Å². The largest absolute Gasteiger partial charge is 0.294 e. The molecule has 0 unspecified atom stereocenters. The maximum Gasteiger partial charge on any atom is 0.186 e. The van der Waals surface area contributed by atoms with E-state index in [2.05, 4.69) is 18.7 Å². The molecule has 1 saturated heterocycles. The average molecular weight is 269 g/mol. The molecule has 1 aliphatic heterocycles. The van der Waals surface area contributed by atoms with Crippen molar-refractivity contribution in [3.8, 4) is 0 Å². The molecule has 0 spiro atoms. The lowest BCUT2D eigenvalue weighted by molar-refractivity contribution is 0.0931. The third-order valence-electron chi connectivity index (χ3n) is 2.89. The highest BCUT2D eigenvalue weighted by Crippen LogP contribution is 2.29. The molecule has 0 atom stereocenters. The summed E-state index contributed by atoms with van der Waals surface area (Å²) in [6.45, 7) is 9.16. The smallest absolute Gasteiger partial charge is 0.186 e. The van der Waals surface area contributed by atoms with E-state index in [-0.39, 0.29) is 10.5 Å². The summed E-state index contributed by atoms with van der Waals surface area (Å²) in [5.74, 6) is 1.40. The van der Waals surface area contributed by atoms with E-state index in [0.29, 0.717) is 6.54 Å². The Balaban J connectivity index is 1.95. The van der Waals surface area contributed by atoms with E-state index in [9.17, 15) is 4.79 Å². The van der Waals surface area contributed by atoms with Crippen LogP contribution in [0.25, 0.3) is 0 Å². The van der Waals surface area contributed by atoms with Crippen molar-refractivity contribution in [3.63, 3.8) is 0 Å². The monoisotopic (exact) mass is 269 g/mol. The van der Waals surface area contributed by atoms with Crippen LogP contribution in [0.4, 0.5) is 0 Å². The van der Waals surface area contributed by atoms with Gasteiger partial charge in [-0.15, -0.1) is 11.3 Å². The molecule has 1 aromatic rings. The third-order valence-corrected chi connectivity index (χ3v) is 5.23. The van der Waals surface area contributed by atoms with Gasteiger partial charge < -0.3 is 0 Å². The quantitative estimate of drug-likeness (QED) is 0.787. The highest BCUT2D eigenvalue weighted by Gasteiger charge is 2.28. The van der Waals surface area contributed by atoms with Gasteiger partial charge in [-0.2, -0.15) is 11.8 Å². The van der Waals surface area contributed by atoms with Gasteiger partial charge in [0.05, 0.1) is 11.4 Å². The molecule has 1 fully saturated rings. The average Bonchev–Trinajstić information content (AvgIpc) is 2.63. The van der Waals surface area contributed by atoms with Gasteiger partial charge in [-0.05, 0) is 32.9 Å². The van der Waals surface area contributed by atoms with Gasteiger partial charge in [0.2, 0.25) is 0 Å². The van der Waals surface area contributed by atoms with Gasteiger partial charge in [-0.25, -0.2) is 0 Å². The minimum absolute atomic E-state index is 0.269. The fraction of sp³-hybridized carbons (Fsp3) is 0.615. The van der Waals surface area contributed by atoms with Crippen LogP contribution in [0.2, 0.25) is 0 Å². The number of nitrogens with zero attached hydrogens (tertiary/aromatic N) is 1. The number of Topliss-reactive ketones (excluding diaryl/α,β-unsaturated/α-hetero) is 1. The zero-order chi connectivity index (χ0) is 12.5. The second kappa shape index (κ2) is 5.12. The van der Waals surface area contributed by atoms with E-state index in [1.165, 1.54) is 4.88 Å². The van der Waals surface area contributed by atoms with E-state index in [1.54, 1.807) is 11.3 Å². The maximum atomic E-state index is 12.1. The predicted octanol–water partition coefficient (Wildman–Crippen LogP) is 3.07. The standard InChI is InChI=1S/C13H19NOS2/c1-10-4-5-12(17-10)11(15)8-14-6-7-16-13(2,3)9-14/h4-5H,6-9H2,1-3H3. The maximum absolute atomic E-state index is 12.1. The molecule has 1 aromatic heterocycles. The molecule has 0 aliphatic carbocycles. The fourth-order valence-corrected chi connectivity index (χ4v) is 4.09. The number of thioether (sulfide) groups is 1. The number of thiophene rings is 1. The SMILES string of the molecule is Cc1ccc(C(=O)CN2CCSC(C)(C)C2)s1. The van der Waals surface area contributed by atoms with Crippen LogP contribution in [0.3, 0.4) is 0 Å². The summed E-state index contributed by atoms with van der Waals surface area (Å²) in [5.41, 5.74) is 0. The number of carbonyl (C=O) groups is 1. The number of carbonyl (C=O) groups excluding carboxylic acids is 1. The van der Waals surface area contributed by atoms with Crippen LogP contribution in [-0.2, 0) is 0 Å². The molecule has 0 aromatic carbocycles. The van der Waals surface area contributed by atoms with Crippen molar-refractivity contribution in [1.82, 2.24) is 4.90 Å². The molecule has 2 heterocycles. The van der Waals surface area contributed by atoms with Crippen LogP contribution in [0.5, 0.6) is 0 Å². The Morgan fingerprint density at radius 2 is 2.24 bits per heavy atom. The number of hydrogen-bond donors (Lipinski definition) is 0. The molecular formula is C13H19NOS2. The molecule has 0 amide bonds. The topological polar surface area (TPSA) is 20.3 Å². The Hall–Kier alpha value is -0.320. The Kier molecular flexibility index (Phi) is 3.95. The molecule has 94 valence electrons. The van der Waals surface area contributed by atoms with Gasteiger partial charge >= 0.3 is 0 Å². The highest BCUT2D eigenvalue weighted by molar-refractivity contribution is 8.00. The van der Waals surface area contributed by atoms with E-state index >= 15 is 0 Å². The highest BCUT2D eigenvalue weighted by atomic mass is 32.2. The van der Waals surface area contributed by atoms with Crippen molar-refractivity contribution in [2.75, 3.05) is 25.4 Å². The van der Waals surface area contributed by atoms with Crippen LogP contribution in [0.1, 0.15) is 28.4 Å². The summed E-state index contributed by atoms with van der Waals surface area (Å²) in [5, 5.41) is 0. The molecule has 2 nitrogen and oxygen atoms in total. The van der Waals surface area contributed by atoms with Gasteiger partial charge in [-0.3, -0.25) is 9.69 Å². The summed E-state index contributed by atoms with van der Waals surface area (Å²) in [6, 6.07) is 3.97. The summed E-state index contributed by atoms with van der Waals surface area (Å²) in [6.07, 6.45) is 0. The normalized spacial score (nSPS) is 20.4. The van der Waals surface area contributed by atoms with E-state index in [4.69, 9.17) is 0 Å². The Morgan fingerprint density at radius 1 is 1.47 bits per heavy atom. The van der Waals surface area contributed by atoms with Crippen molar-refractivity contribution in [3.05, 3.63) is 21.9 Å². The first-order chi connectivity index (χ1) is 7.96. The van der Waals surface area contributed by atoms with Gasteiger partial charge in [0.1, 0.15) is 0 Å². The molecule has 0 radical (unpaired) electrons. The summed E-state index contributed by atoms with van der Waals surface area (Å²) in [7, 11) is 0. The van der Waals surface area contributed by atoms with E-state index in [0.717, 1.165) is 23.7 Å². The molecule has 17 heavy (non-hydrogen) atoms. The summed E-state index contributed by atoms with van der Waals surface area (Å²) in [4.78, 5) is 16.5. The van der Waals surface area contributed by atoms with Crippen LogP contribution in [0.15, 0.2) is 12.1 Å². The number of hydrogen-bond acceptors (Lipinski definition) is 4. The van der Waals surface area contributed by atoms with Crippen LogP contribution in [0, 0.1) is 6.92 Å². The molecular weight excluding hydrogens is 250 g/mol. The fourth-order valence-electron chi connectivity index (χ4n) is 2.11. The van der Waals surface area contributed by atoms with E-state index in [1.807, 2.05) is 30.8 Å². The minimum Gasteiger partial charge on any atom is -0.294 e. The van der Waals surface area contributed by atoms with Gasteiger partial charge in [-0.1, -0.05) is 0 Å². The molecule has 1 aliphatic rings. The molecule has 0 N–H and O–H groups in total. The first kappa shape index (κ1) is 13.1. The predicted molar refractivity (Wildman–Crippen MR) is 76.4 cm³/mol. The van der Waals surface area contributed by atoms with Crippen molar-refractivity contribution in [2.24, 2.45) is 0 Å². The van der Waals surface area contributed by atoms with Gasteiger partial charge in [0.15, 0.2) is 5.78 Å². The molecule has 0 saturated carbocycles. The van der Waals surface area contributed by atoms with Gasteiger partial charge in [0, 0.05) is 28.5 Å². The number of ketones is 1. The molecule has 0 bridgehead atoms. The van der Waals surface area contributed by atoms with Crippen molar-refractivity contribution < 1.29 is 4.79 Å². The number of rotatable bonds is 3. The Bertz CT molecular complexity index is 411. The van der Waals surface area contributed by atoms with Crippen LogP contribution in [-0.4, -0.2) is 40.8 Å². The number of aryl methyl sites for hydroxylation is 1. The zero-order valence-electron chi connectivity index (χ0n) is 10.7. The second-order valence-corrected chi connectivity index (χ2v) is 8.24. The van der Waals surface area contributed by atoms with Gasteiger partial charge in [0.25, 0.3) is 0 Å². The lowest BCUT2D eigenvalue weighted by Crippen LogP contribution is -2.45.